The quantitative estimate of drug-likeness (QED) is 0.683. The number of aliphatic hydroxyl groups is 1. The number of aromatic amines is 1. The number of rotatable bonds is 8. The number of hydrogen-bond donors (Lipinski definition) is 3. The number of aromatic nitrogens is 2. The highest BCUT2D eigenvalue weighted by atomic mass is 16.3. The molecule has 0 radical (unpaired) electrons. The first-order valence-corrected chi connectivity index (χ1v) is 8.80. The molecule has 1 aromatic heterocycles. The van der Waals surface area contributed by atoms with Crippen molar-refractivity contribution >= 4 is 16.8 Å². The van der Waals surface area contributed by atoms with Crippen LogP contribution >= 0.6 is 0 Å². The minimum absolute atomic E-state index is 0.105. The number of nitrogens with one attached hydrogen (secondary N) is 2. The number of carbonyl (C=O) groups is 1. The minimum atomic E-state index is -0.907. The first-order valence-electron chi connectivity index (χ1n) is 8.80. The molecule has 2 aromatic rings. The molecule has 1 amide bonds. The van der Waals surface area contributed by atoms with Gasteiger partial charge < -0.3 is 15.4 Å². The topological polar surface area (TPSA) is 95.1 Å². The van der Waals surface area contributed by atoms with Gasteiger partial charge in [-0.1, -0.05) is 32.4 Å². The zero-order chi connectivity index (χ0) is 18.4. The summed E-state index contributed by atoms with van der Waals surface area (Å²) in [6.45, 7) is 5.96. The summed E-state index contributed by atoms with van der Waals surface area (Å²) in [6, 6.07) is 7.19. The molecule has 0 fully saturated rings. The van der Waals surface area contributed by atoms with Crippen LogP contribution in [0.4, 0.5) is 0 Å². The number of aryl methyl sites for hydroxylation is 1. The van der Waals surface area contributed by atoms with Crippen LogP contribution in [0.25, 0.3) is 10.9 Å². The molecular formula is C19H27N3O3. The van der Waals surface area contributed by atoms with Gasteiger partial charge in [-0.3, -0.25) is 9.59 Å². The maximum absolute atomic E-state index is 12.0. The molecule has 0 aliphatic rings. The number of hydrogen-bond acceptors (Lipinski definition) is 4. The van der Waals surface area contributed by atoms with Gasteiger partial charge in [0.15, 0.2) is 0 Å². The highest BCUT2D eigenvalue weighted by Crippen LogP contribution is 2.18. The maximum Gasteiger partial charge on any atom is 0.258 e. The largest absolute Gasteiger partial charge is 0.388 e. The van der Waals surface area contributed by atoms with Crippen LogP contribution < -0.4 is 10.9 Å². The van der Waals surface area contributed by atoms with Crippen molar-refractivity contribution in [3.63, 3.8) is 0 Å². The Morgan fingerprint density at radius 3 is 2.84 bits per heavy atom. The molecule has 6 heteroatoms. The van der Waals surface area contributed by atoms with Gasteiger partial charge in [-0.2, -0.15) is 0 Å². The van der Waals surface area contributed by atoms with Gasteiger partial charge in [-0.25, -0.2) is 4.98 Å². The molecule has 2 atom stereocenters. The Morgan fingerprint density at radius 2 is 2.12 bits per heavy atom. The molecule has 0 bridgehead atoms. The monoisotopic (exact) mass is 345 g/mol. The van der Waals surface area contributed by atoms with Crippen LogP contribution in [0.2, 0.25) is 0 Å². The summed E-state index contributed by atoms with van der Waals surface area (Å²) in [5.74, 6) is 0.592. The van der Waals surface area contributed by atoms with E-state index in [1.807, 2.05) is 19.9 Å². The zero-order valence-corrected chi connectivity index (χ0v) is 15.1. The number of carbonyl (C=O) groups excluding carboxylic acids is 1. The van der Waals surface area contributed by atoms with E-state index in [4.69, 9.17) is 0 Å². The van der Waals surface area contributed by atoms with E-state index in [1.54, 1.807) is 25.1 Å². The van der Waals surface area contributed by atoms with Crippen LogP contribution in [0.1, 0.15) is 45.9 Å². The lowest BCUT2D eigenvalue weighted by molar-refractivity contribution is -0.122. The van der Waals surface area contributed by atoms with Gasteiger partial charge in [0.1, 0.15) is 5.82 Å². The first kappa shape index (κ1) is 19.1. The molecule has 0 aliphatic carbocycles. The van der Waals surface area contributed by atoms with Gasteiger partial charge in [0.05, 0.1) is 16.5 Å². The molecule has 6 nitrogen and oxygen atoms in total. The molecule has 2 rings (SSSR count). The number of para-hydroxylation sites is 1. The average Bonchev–Trinajstić information content (AvgIpc) is 2.59. The fourth-order valence-corrected chi connectivity index (χ4v) is 2.65. The second-order valence-electron chi connectivity index (χ2n) is 6.83. The molecule has 25 heavy (non-hydrogen) atoms. The lowest BCUT2D eigenvalue weighted by Gasteiger charge is -2.29. The molecule has 0 spiro atoms. The summed E-state index contributed by atoms with van der Waals surface area (Å²) in [4.78, 5) is 31.1. The Hall–Kier alpha value is -2.21. The Morgan fingerprint density at radius 1 is 1.40 bits per heavy atom. The predicted octanol–water partition coefficient (Wildman–Crippen LogP) is 2.16. The summed E-state index contributed by atoms with van der Waals surface area (Å²) in [5, 5.41) is 13.7. The van der Waals surface area contributed by atoms with Gasteiger partial charge in [-0.15, -0.1) is 0 Å². The number of amides is 1. The van der Waals surface area contributed by atoms with Crippen molar-refractivity contribution in [2.45, 2.75) is 52.1 Å². The lowest BCUT2D eigenvalue weighted by atomic mass is 9.88. The summed E-state index contributed by atoms with van der Waals surface area (Å²) >= 11 is 0. The van der Waals surface area contributed by atoms with E-state index in [2.05, 4.69) is 15.3 Å². The van der Waals surface area contributed by atoms with Gasteiger partial charge in [0.2, 0.25) is 5.91 Å². The third kappa shape index (κ3) is 5.13. The summed E-state index contributed by atoms with van der Waals surface area (Å²) in [5.41, 5.74) is -0.403. The third-order valence-corrected chi connectivity index (χ3v) is 4.80. The number of benzene rings is 1. The van der Waals surface area contributed by atoms with E-state index in [-0.39, 0.29) is 23.9 Å². The maximum atomic E-state index is 12.0. The Balaban J connectivity index is 1.84. The van der Waals surface area contributed by atoms with Crippen LogP contribution in [0, 0.1) is 5.92 Å². The summed E-state index contributed by atoms with van der Waals surface area (Å²) in [6.07, 6.45) is 2.28. The molecule has 1 aromatic carbocycles. The lowest BCUT2D eigenvalue weighted by Crippen LogP contribution is -2.45. The number of nitrogens with zero attached hydrogens (tertiary/aromatic N) is 1. The fourth-order valence-electron chi connectivity index (χ4n) is 2.65. The van der Waals surface area contributed by atoms with E-state index in [0.29, 0.717) is 36.0 Å². The number of H-pyrrole nitrogens is 1. The van der Waals surface area contributed by atoms with Crippen molar-refractivity contribution in [3.05, 3.63) is 40.4 Å². The normalized spacial score (nSPS) is 14.9. The summed E-state index contributed by atoms with van der Waals surface area (Å²) < 4.78 is 0. The summed E-state index contributed by atoms with van der Waals surface area (Å²) in [7, 11) is 0. The fraction of sp³-hybridized carbons (Fsp3) is 0.526. The smallest absolute Gasteiger partial charge is 0.258 e. The second-order valence-corrected chi connectivity index (χ2v) is 6.83. The first-order chi connectivity index (χ1) is 11.8. The molecule has 1 heterocycles. The van der Waals surface area contributed by atoms with Crippen LogP contribution in [0.3, 0.4) is 0 Å². The van der Waals surface area contributed by atoms with Gasteiger partial charge in [0, 0.05) is 19.4 Å². The molecule has 0 saturated carbocycles. The molecular weight excluding hydrogens is 318 g/mol. The molecule has 0 saturated heterocycles. The second kappa shape index (κ2) is 8.25. The van der Waals surface area contributed by atoms with E-state index >= 15 is 0 Å². The molecule has 0 aliphatic heterocycles. The van der Waals surface area contributed by atoms with Gasteiger partial charge in [-0.05, 0) is 31.4 Å². The van der Waals surface area contributed by atoms with Crippen molar-refractivity contribution in [2.75, 3.05) is 6.54 Å². The van der Waals surface area contributed by atoms with Crippen molar-refractivity contribution in [1.29, 1.82) is 0 Å². The third-order valence-electron chi connectivity index (χ3n) is 4.80. The zero-order valence-electron chi connectivity index (χ0n) is 15.1. The van der Waals surface area contributed by atoms with E-state index < -0.39 is 5.60 Å². The highest BCUT2D eigenvalue weighted by Gasteiger charge is 2.27. The van der Waals surface area contributed by atoms with Crippen LogP contribution in [0.15, 0.2) is 29.1 Å². The van der Waals surface area contributed by atoms with E-state index in [1.165, 1.54) is 0 Å². The minimum Gasteiger partial charge on any atom is -0.388 e. The van der Waals surface area contributed by atoms with Crippen LogP contribution in [-0.4, -0.2) is 33.1 Å². The standard InChI is InChI=1S/C19H27N3O3/c1-4-13(2)19(3,25)12-20-17(23)11-7-10-16-21-15-9-6-5-8-14(15)18(24)22-16/h5-6,8-9,13,25H,4,7,10-12H2,1-3H3,(H,20,23)(H,21,22,24). The average molecular weight is 345 g/mol. The predicted molar refractivity (Wildman–Crippen MR) is 98.4 cm³/mol. The van der Waals surface area contributed by atoms with Crippen molar-refractivity contribution in [2.24, 2.45) is 5.92 Å². The highest BCUT2D eigenvalue weighted by molar-refractivity contribution is 5.77. The molecule has 3 N–H and O–H groups in total. The molecule has 136 valence electrons. The van der Waals surface area contributed by atoms with Gasteiger partial charge >= 0.3 is 0 Å². The van der Waals surface area contributed by atoms with Crippen LogP contribution in [0.5, 0.6) is 0 Å². The Labute approximate surface area is 147 Å². The van der Waals surface area contributed by atoms with Gasteiger partial charge in [0.25, 0.3) is 5.56 Å². The SMILES string of the molecule is CCC(C)C(C)(O)CNC(=O)CCCc1nc2ccccc2c(=O)[nH]1. The Kier molecular flexibility index (Phi) is 6.31. The van der Waals surface area contributed by atoms with Crippen molar-refractivity contribution in [1.82, 2.24) is 15.3 Å². The van der Waals surface area contributed by atoms with E-state index in [0.717, 1.165) is 6.42 Å². The van der Waals surface area contributed by atoms with Crippen molar-refractivity contribution < 1.29 is 9.90 Å². The Bertz CT molecular complexity index is 783. The van der Waals surface area contributed by atoms with E-state index in [9.17, 15) is 14.7 Å². The van der Waals surface area contributed by atoms with Crippen LogP contribution in [-0.2, 0) is 11.2 Å². The van der Waals surface area contributed by atoms with Crippen molar-refractivity contribution in [3.8, 4) is 0 Å². The number of fused-ring (bicyclic) bond motifs is 1. The molecule has 2 unspecified atom stereocenters.